The highest BCUT2D eigenvalue weighted by atomic mass is 79.9. The largest absolute Gasteiger partial charge is 0.325 e. The summed E-state index contributed by atoms with van der Waals surface area (Å²) in [6.07, 6.45) is 0. The van der Waals surface area contributed by atoms with Crippen LogP contribution in [0.1, 0.15) is 18.1 Å². The number of aryl methyl sites for hydroxylation is 1. The minimum Gasteiger partial charge on any atom is -0.325 e. The van der Waals surface area contributed by atoms with Gasteiger partial charge in [0.25, 0.3) is 10.1 Å². The van der Waals surface area contributed by atoms with Crippen LogP contribution in [-0.4, -0.2) is 38.1 Å². The molecule has 2 aromatic carbocycles. The molecule has 6 heteroatoms. The maximum absolute atomic E-state index is 10.5. The second kappa shape index (κ2) is 8.76. The number of quaternary nitrogens is 1. The van der Waals surface area contributed by atoms with Crippen LogP contribution in [0.4, 0.5) is 0 Å². The zero-order chi connectivity index (χ0) is 18.4. The molecular weight excluding hydrogens is 390 g/mol. The van der Waals surface area contributed by atoms with Crippen molar-refractivity contribution >= 4 is 26.0 Å². The summed E-state index contributed by atoms with van der Waals surface area (Å²) in [5.41, 5.74) is 2.35. The Kier molecular flexibility index (Phi) is 7.60. The molecule has 2 rings (SSSR count). The van der Waals surface area contributed by atoms with E-state index in [0.29, 0.717) is 0 Å². The van der Waals surface area contributed by atoms with E-state index in [1.807, 2.05) is 6.92 Å². The molecule has 0 amide bonds. The lowest BCUT2D eigenvalue weighted by Gasteiger charge is -2.28. The van der Waals surface area contributed by atoms with Gasteiger partial charge in [0.05, 0.1) is 25.5 Å². The zero-order valence-electron chi connectivity index (χ0n) is 14.5. The Bertz CT molecular complexity index is 739. The van der Waals surface area contributed by atoms with Gasteiger partial charge < -0.3 is 4.48 Å². The summed E-state index contributed by atoms with van der Waals surface area (Å²) in [6, 6.07) is 14.6. The summed E-state index contributed by atoms with van der Waals surface area (Å²) in [6.45, 7) is 6.33. The van der Waals surface area contributed by atoms with Crippen LogP contribution in [0, 0.1) is 6.92 Å². The molecule has 2 aromatic rings. The van der Waals surface area contributed by atoms with E-state index in [9.17, 15) is 8.42 Å². The van der Waals surface area contributed by atoms with E-state index >= 15 is 0 Å². The van der Waals surface area contributed by atoms with Gasteiger partial charge in [-0.2, -0.15) is 8.42 Å². The minimum atomic E-state index is -4.02. The van der Waals surface area contributed by atoms with Crippen LogP contribution in [-0.2, 0) is 16.7 Å². The van der Waals surface area contributed by atoms with Gasteiger partial charge in [-0.1, -0.05) is 45.8 Å². The number of hydrogen-bond acceptors (Lipinski definition) is 2. The SMILES string of the molecule is CC[N+](C)(C)Cc1ccc(Br)cc1.Cc1ccc(S(=O)(=O)O)cc1. The molecule has 0 atom stereocenters. The van der Waals surface area contributed by atoms with Crippen molar-refractivity contribution in [1.29, 1.82) is 0 Å². The van der Waals surface area contributed by atoms with E-state index in [0.717, 1.165) is 27.6 Å². The highest BCUT2D eigenvalue weighted by Gasteiger charge is 2.12. The fraction of sp³-hybridized carbons (Fsp3) is 0.333. The lowest BCUT2D eigenvalue weighted by atomic mass is 10.2. The predicted octanol–water partition coefficient (Wildman–Crippen LogP) is 4.29. The number of nitrogens with zero attached hydrogens (tertiary/aromatic N) is 1. The number of hydrogen-bond donors (Lipinski definition) is 1. The molecule has 0 fully saturated rings. The van der Waals surface area contributed by atoms with E-state index in [4.69, 9.17) is 4.55 Å². The molecule has 0 saturated carbocycles. The monoisotopic (exact) mass is 414 g/mol. The Balaban J connectivity index is 0.000000243. The molecule has 0 heterocycles. The highest BCUT2D eigenvalue weighted by Crippen LogP contribution is 2.13. The molecule has 4 nitrogen and oxygen atoms in total. The lowest BCUT2D eigenvalue weighted by Crippen LogP contribution is -2.38. The van der Waals surface area contributed by atoms with E-state index < -0.39 is 10.1 Å². The van der Waals surface area contributed by atoms with Gasteiger partial charge in [0.2, 0.25) is 0 Å². The molecule has 0 aromatic heterocycles. The smallest absolute Gasteiger partial charge is 0.294 e. The quantitative estimate of drug-likeness (QED) is 0.599. The first-order valence-electron chi connectivity index (χ1n) is 7.64. The molecule has 0 radical (unpaired) electrons. The van der Waals surface area contributed by atoms with Crippen LogP contribution < -0.4 is 0 Å². The van der Waals surface area contributed by atoms with Gasteiger partial charge in [0, 0.05) is 10.0 Å². The van der Waals surface area contributed by atoms with Gasteiger partial charge >= 0.3 is 0 Å². The summed E-state index contributed by atoms with van der Waals surface area (Å²) in [4.78, 5) is -0.0666. The number of halogens is 1. The fourth-order valence-corrected chi connectivity index (χ4v) is 2.65. The van der Waals surface area contributed by atoms with Crippen molar-refractivity contribution in [2.75, 3.05) is 20.6 Å². The van der Waals surface area contributed by atoms with Crippen LogP contribution in [0.5, 0.6) is 0 Å². The third kappa shape index (κ3) is 7.57. The van der Waals surface area contributed by atoms with E-state index in [-0.39, 0.29) is 4.90 Å². The average molecular weight is 415 g/mol. The Labute approximate surface area is 153 Å². The van der Waals surface area contributed by atoms with Crippen LogP contribution in [0.25, 0.3) is 0 Å². The molecule has 132 valence electrons. The van der Waals surface area contributed by atoms with Crippen LogP contribution in [0.3, 0.4) is 0 Å². The summed E-state index contributed by atoms with van der Waals surface area (Å²) in [7, 11) is 0.484. The lowest BCUT2D eigenvalue weighted by molar-refractivity contribution is -0.901. The molecule has 0 aliphatic carbocycles. The molecule has 0 saturated heterocycles. The maximum atomic E-state index is 10.5. The Morgan fingerprint density at radius 1 is 1.00 bits per heavy atom. The van der Waals surface area contributed by atoms with Gasteiger partial charge in [-0.25, -0.2) is 0 Å². The summed E-state index contributed by atoms with van der Waals surface area (Å²) in [5.74, 6) is 0. The number of benzene rings is 2. The van der Waals surface area contributed by atoms with E-state index in [1.54, 1.807) is 12.1 Å². The van der Waals surface area contributed by atoms with Crippen molar-refractivity contribution in [1.82, 2.24) is 0 Å². The van der Waals surface area contributed by atoms with Crippen LogP contribution >= 0.6 is 15.9 Å². The van der Waals surface area contributed by atoms with Gasteiger partial charge in [-0.05, 0) is 38.1 Å². The normalized spacial score (nSPS) is 11.6. The molecule has 0 aliphatic rings. The van der Waals surface area contributed by atoms with Crippen LogP contribution in [0.2, 0.25) is 0 Å². The zero-order valence-corrected chi connectivity index (χ0v) is 16.9. The van der Waals surface area contributed by atoms with Crippen molar-refractivity contribution in [3.8, 4) is 0 Å². The maximum Gasteiger partial charge on any atom is 0.294 e. The second-order valence-corrected chi connectivity index (χ2v) is 8.66. The topological polar surface area (TPSA) is 54.4 Å². The van der Waals surface area contributed by atoms with Crippen molar-refractivity contribution in [3.05, 3.63) is 64.1 Å². The van der Waals surface area contributed by atoms with Crippen LogP contribution in [0.15, 0.2) is 57.9 Å². The first kappa shape index (κ1) is 20.8. The first-order chi connectivity index (χ1) is 11.0. The second-order valence-electron chi connectivity index (χ2n) is 6.32. The van der Waals surface area contributed by atoms with Crippen molar-refractivity contribution in [2.45, 2.75) is 25.3 Å². The Hall–Kier alpha value is -1.21. The molecular formula is C18H25BrNO3S+. The van der Waals surface area contributed by atoms with E-state index in [1.165, 1.54) is 17.7 Å². The van der Waals surface area contributed by atoms with Gasteiger partial charge in [0.15, 0.2) is 0 Å². The molecule has 0 bridgehead atoms. The van der Waals surface area contributed by atoms with Gasteiger partial charge in [-0.15, -0.1) is 0 Å². The molecule has 24 heavy (non-hydrogen) atoms. The van der Waals surface area contributed by atoms with Crippen molar-refractivity contribution < 1.29 is 17.5 Å². The first-order valence-corrected chi connectivity index (χ1v) is 9.87. The molecule has 0 spiro atoms. The summed E-state index contributed by atoms with van der Waals surface area (Å²) in [5, 5.41) is 0. The van der Waals surface area contributed by atoms with Crippen molar-refractivity contribution in [2.24, 2.45) is 0 Å². The Morgan fingerprint density at radius 3 is 1.92 bits per heavy atom. The molecule has 1 N–H and O–H groups in total. The minimum absolute atomic E-state index is 0.0666. The average Bonchev–Trinajstić information content (AvgIpc) is 2.50. The Morgan fingerprint density at radius 2 is 1.50 bits per heavy atom. The fourth-order valence-electron chi connectivity index (χ4n) is 1.91. The summed E-state index contributed by atoms with van der Waals surface area (Å²) >= 11 is 3.44. The third-order valence-electron chi connectivity index (χ3n) is 3.70. The predicted molar refractivity (Wildman–Crippen MR) is 101 cm³/mol. The number of rotatable bonds is 4. The van der Waals surface area contributed by atoms with Crippen molar-refractivity contribution in [3.63, 3.8) is 0 Å². The third-order valence-corrected chi connectivity index (χ3v) is 5.10. The standard InChI is InChI=1S/C11H17BrN.C7H8O3S/c1-4-13(2,3)9-10-5-7-11(12)8-6-10;1-6-2-4-7(5-3-6)11(8,9)10/h5-8H,4,9H2,1-3H3;2-5H,1H3,(H,8,9,10)/q+1;. The molecule has 0 aliphatic heterocycles. The highest BCUT2D eigenvalue weighted by molar-refractivity contribution is 9.10. The molecule has 0 unspecified atom stereocenters. The van der Waals surface area contributed by atoms with E-state index in [2.05, 4.69) is 61.2 Å². The van der Waals surface area contributed by atoms with Gasteiger partial charge in [-0.3, -0.25) is 4.55 Å². The van der Waals surface area contributed by atoms with Gasteiger partial charge in [0.1, 0.15) is 6.54 Å². The summed E-state index contributed by atoms with van der Waals surface area (Å²) < 4.78 is 31.7.